The minimum absolute atomic E-state index is 0.0329. The van der Waals surface area contributed by atoms with Crippen LogP contribution < -0.4 is 5.63 Å². The third kappa shape index (κ3) is 1.82. The molecule has 2 aromatic carbocycles. The molecule has 1 aromatic heterocycles. The van der Waals surface area contributed by atoms with Crippen LogP contribution in [0.4, 0.5) is 8.78 Å². The molecule has 0 atom stereocenters. The van der Waals surface area contributed by atoms with E-state index in [1.54, 1.807) is 0 Å². The van der Waals surface area contributed by atoms with Crippen LogP contribution in [0.5, 0.6) is 5.75 Å². The van der Waals surface area contributed by atoms with Gasteiger partial charge in [0, 0.05) is 0 Å². The van der Waals surface area contributed by atoms with E-state index in [-0.39, 0.29) is 16.7 Å². The second-order valence-electron chi connectivity index (χ2n) is 4.08. The summed E-state index contributed by atoms with van der Waals surface area (Å²) in [6.45, 7) is 0. The van der Waals surface area contributed by atoms with E-state index in [4.69, 9.17) is 4.42 Å². The molecule has 0 spiro atoms. The van der Waals surface area contributed by atoms with Crippen molar-refractivity contribution in [2.45, 2.75) is 0 Å². The highest BCUT2D eigenvalue weighted by Gasteiger charge is 2.18. The van der Waals surface area contributed by atoms with Gasteiger partial charge >= 0.3 is 5.63 Å². The highest BCUT2D eigenvalue weighted by atomic mass is 19.1. The largest absolute Gasteiger partial charge is 0.506 e. The predicted molar refractivity (Wildman–Crippen MR) is 67.3 cm³/mol. The Balaban J connectivity index is 2.39. The minimum atomic E-state index is -0.907. The predicted octanol–water partition coefficient (Wildman–Crippen LogP) is 2.84. The summed E-state index contributed by atoms with van der Waals surface area (Å²) in [5, 5.41) is 9.71. The fraction of sp³-hybridized carbons (Fsp3) is 0. The quantitative estimate of drug-likeness (QED) is 0.741. The monoisotopic (exact) mass is 275 g/mol. The summed E-state index contributed by atoms with van der Waals surface area (Å²) in [6, 6.07) is 7.39. The molecular formula is C14H7F2NO3. The maximum Gasteiger partial charge on any atom is 0.347 e. The van der Waals surface area contributed by atoms with E-state index in [2.05, 4.69) is 4.98 Å². The number of nitrogens with zero attached hydrogens (tertiary/aromatic N) is 1. The first-order valence-electron chi connectivity index (χ1n) is 5.65. The maximum absolute atomic E-state index is 13.7. The Bertz CT molecular complexity index is 854. The number of fused-ring (bicyclic) bond motifs is 1. The number of phenolic OH excluding ortho intramolecular Hbond substituents is 1. The minimum Gasteiger partial charge on any atom is -0.506 e. The zero-order valence-corrected chi connectivity index (χ0v) is 9.93. The van der Waals surface area contributed by atoms with Crippen LogP contribution in [0.1, 0.15) is 0 Å². The van der Waals surface area contributed by atoms with Gasteiger partial charge in [-0.05, 0) is 24.3 Å². The Kier molecular flexibility index (Phi) is 2.71. The Morgan fingerprint density at radius 1 is 1.05 bits per heavy atom. The van der Waals surface area contributed by atoms with E-state index in [0.29, 0.717) is 0 Å². The standard InChI is InChI=1S/C14H7F2NO3/c15-8-4-2-5-9(16)11(8)13-17-12-7(14(19)20-13)3-1-6-10(12)18/h1-6,18H. The van der Waals surface area contributed by atoms with Gasteiger partial charge in [0.15, 0.2) is 0 Å². The van der Waals surface area contributed by atoms with Crippen molar-refractivity contribution in [3.8, 4) is 17.2 Å². The van der Waals surface area contributed by atoms with Gasteiger partial charge in [-0.25, -0.2) is 18.6 Å². The zero-order chi connectivity index (χ0) is 14.3. The van der Waals surface area contributed by atoms with Crippen LogP contribution in [-0.2, 0) is 0 Å². The Morgan fingerprint density at radius 3 is 2.40 bits per heavy atom. The van der Waals surface area contributed by atoms with Gasteiger partial charge in [-0.3, -0.25) is 0 Å². The fourth-order valence-corrected chi connectivity index (χ4v) is 1.89. The van der Waals surface area contributed by atoms with Gasteiger partial charge in [-0.15, -0.1) is 0 Å². The molecule has 0 unspecified atom stereocenters. The normalized spacial score (nSPS) is 10.9. The van der Waals surface area contributed by atoms with Crippen LogP contribution in [0.2, 0.25) is 0 Å². The van der Waals surface area contributed by atoms with Gasteiger partial charge in [0.05, 0.1) is 5.39 Å². The summed E-state index contributed by atoms with van der Waals surface area (Å²) >= 11 is 0. The summed E-state index contributed by atoms with van der Waals surface area (Å²) in [6.07, 6.45) is 0. The Labute approximate surface area is 110 Å². The number of hydrogen-bond acceptors (Lipinski definition) is 4. The van der Waals surface area contributed by atoms with Gasteiger partial charge in [-0.1, -0.05) is 12.1 Å². The lowest BCUT2D eigenvalue weighted by Crippen LogP contribution is -2.04. The van der Waals surface area contributed by atoms with Crippen LogP contribution in [0.25, 0.3) is 22.4 Å². The van der Waals surface area contributed by atoms with Crippen molar-refractivity contribution in [2.75, 3.05) is 0 Å². The molecule has 100 valence electrons. The second-order valence-corrected chi connectivity index (χ2v) is 4.08. The smallest absolute Gasteiger partial charge is 0.347 e. The molecule has 6 heteroatoms. The van der Waals surface area contributed by atoms with Gasteiger partial charge in [0.25, 0.3) is 0 Å². The molecular weight excluding hydrogens is 268 g/mol. The molecule has 0 radical (unpaired) electrons. The molecule has 0 aliphatic rings. The molecule has 0 aliphatic heterocycles. The number of rotatable bonds is 1. The van der Waals surface area contributed by atoms with Gasteiger partial charge in [0.1, 0.15) is 28.5 Å². The zero-order valence-electron chi connectivity index (χ0n) is 9.93. The summed E-state index contributed by atoms with van der Waals surface area (Å²) in [7, 11) is 0. The summed E-state index contributed by atoms with van der Waals surface area (Å²) in [4.78, 5) is 15.6. The molecule has 4 nitrogen and oxygen atoms in total. The number of aromatic nitrogens is 1. The molecule has 1 heterocycles. The van der Waals surface area contributed by atoms with Gasteiger partial charge in [0.2, 0.25) is 5.89 Å². The van der Waals surface area contributed by atoms with Gasteiger partial charge in [-0.2, -0.15) is 0 Å². The van der Waals surface area contributed by atoms with Crippen molar-refractivity contribution in [2.24, 2.45) is 0 Å². The number of aromatic hydroxyl groups is 1. The molecule has 3 rings (SSSR count). The van der Waals surface area contributed by atoms with E-state index < -0.39 is 28.7 Å². The van der Waals surface area contributed by atoms with E-state index in [1.807, 2.05) is 0 Å². The molecule has 20 heavy (non-hydrogen) atoms. The molecule has 0 saturated heterocycles. The first-order valence-corrected chi connectivity index (χ1v) is 5.65. The van der Waals surface area contributed by atoms with Crippen molar-refractivity contribution in [1.82, 2.24) is 4.98 Å². The molecule has 0 aliphatic carbocycles. The van der Waals surface area contributed by atoms with E-state index in [1.165, 1.54) is 24.3 Å². The average Bonchev–Trinajstić information content (AvgIpc) is 2.40. The third-order valence-corrected chi connectivity index (χ3v) is 2.81. The molecule has 0 fully saturated rings. The SMILES string of the molecule is O=c1oc(-c2c(F)cccc2F)nc2c(O)cccc12. The maximum atomic E-state index is 13.7. The molecule has 3 aromatic rings. The van der Waals surface area contributed by atoms with Gasteiger partial charge < -0.3 is 9.52 Å². The molecule has 0 amide bonds. The lowest BCUT2D eigenvalue weighted by molar-refractivity contribution is 0.474. The van der Waals surface area contributed by atoms with Crippen LogP contribution in [0.15, 0.2) is 45.6 Å². The van der Waals surface area contributed by atoms with Crippen LogP contribution in [-0.4, -0.2) is 10.1 Å². The van der Waals surface area contributed by atoms with Crippen molar-refractivity contribution < 1.29 is 18.3 Å². The molecule has 1 N–H and O–H groups in total. The summed E-state index contributed by atoms with van der Waals surface area (Å²) in [5.41, 5.74) is -1.44. The molecule has 0 saturated carbocycles. The Hall–Kier alpha value is -2.76. The van der Waals surface area contributed by atoms with E-state index in [9.17, 15) is 18.7 Å². The summed E-state index contributed by atoms with van der Waals surface area (Å²) < 4.78 is 32.2. The van der Waals surface area contributed by atoms with Crippen molar-refractivity contribution in [3.63, 3.8) is 0 Å². The highest BCUT2D eigenvalue weighted by molar-refractivity contribution is 5.84. The van der Waals surface area contributed by atoms with Crippen molar-refractivity contribution >= 4 is 10.9 Å². The lowest BCUT2D eigenvalue weighted by atomic mass is 10.2. The summed E-state index contributed by atoms with van der Waals surface area (Å²) in [5.74, 6) is -2.60. The highest BCUT2D eigenvalue weighted by Crippen LogP contribution is 2.27. The topological polar surface area (TPSA) is 63.3 Å². The number of para-hydroxylation sites is 1. The Morgan fingerprint density at radius 2 is 1.70 bits per heavy atom. The first-order chi connectivity index (χ1) is 9.58. The first kappa shape index (κ1) is 12.3. The van der Waals surface area contributed by atoms with Crippen molar-refractivity contribution in [1.29, 1.82) is 0 Å². The number of phenols is 1. The number of halogens is 2. The van der Waals surface area contributed by atoms with Crippen LogP contribution in [0, 0.1) is 11.6 Å². The fourth-order valence-electron chi connectivity index (χ4n) is 1.89. The van der Waals surface area contributed by atoms with Crippen LogP contribution >= 0.6 is 0 Å². The third-order valence-electron chi connectivity index (χ3n) is 2.81. The lowest BCUT2D eigenvalue weighted by Gasteiger charge is -2.04. The van der Waals surface area contributed by atoms with Crippen LogP contribution in [0.3, 0.4) is 0 Å². The second kappa shape index (κ2) is 4.41. The van der Waals surface area contributed by atoms with Crippen molar-refractivity contribution in [3.05, 3.63) is 58.5 Å². The number of benzene rings is 2. The van der Waals surface area contributed by atoms with E-state index >= 15 is 0 Å². The average molecular weight is 275 g/mol. The van der Waals surface area contributed by atoms with E-state index in [0.717, 1.165) is 12.1 Å². The number of hydrogen-bond donors (Lipinski definition) is 1. The molecule has 0 bridgehead atoms.